The molecular weight excluding hydrogens is 389 g/mol. The summed E-state index contributed by atoms with van der Waals surface area (Å²) in [6.45, 7) is 3.07. The second-order valence-electron chi connectivity index (χ2n) is 6.83. The molecule has 2 aromatic heterocycles. The van der Waals surface area contributed by atoms with E-state index in [1.54, 1.807) is 29.1 Å². The number of aromatic nitrogens is 4. The summed E-state index contributed by atoms with van der Waals surface area (Å²) in [6.07, 6.45) is -3.19. The summed E-state index contributed by atoms with van der Waals surface area (Å²) in [4.78, 5) is 4.30. The molecule has 0 aliphatic carbocycles. The van der Waals surface area contributed by atoms with Gasteiger partial charge >= 0.3 is 6.36 Å². The van der Waals surface area contributed by atoms with Crippen LogP contribution in [0, 0.1) is 0 Å². The zero-order valence-corrected chi connectivity index (χ0v) is 15.3. The smallest absolute Gasteiger partial charge is 0.418 e. The first-order valence-corrected chi connectivity index (χ1v) is 8.50. The van der Waals surface area contributed by atoms with Gasteiger partial charge in [0.05, 0.1) is 11.0 Å². The molecule has 150 valence electrons. The molecule has 2 heterocycles. The minimum atomic E-state index is -4.75. The fraction of sp³-hybridized carbons (Fsp3) is 0.211. The SMILES string of the molecule is CC(C)(O)c1nnc(-c2ccc3ncn(-c4ccc(OC(F)(F)F)cc4)c3c2)o1. The fourth-order valence-electron chi connectivity index (χ4n) is 2.74. The highest BCUT2D eigenvalue weighted by atomic mass is 19.4. The zero-order chi connectivity index (χ0) is 20.8. The molecule has 4 rings (SSSR count). The van der Waals surface area contributed by atoms with Gasteiger partial charge in [-0.15, -0.1) is 23.4 Å². The van der Waals surface area contributed by atoms with Crippen LogP contribution >= 0.6 is 0 Å². The maximum Gasteiger partial charge on any atom is 0.573 e. The lowest BCUT2D eigenvalue weighted by atomic mass is 10.1. The molecule has 0 amide bonds. The lowest BCUT2D eigenvalue weighted by Gasteiger charge is -2.10. The van der Waals surface area contributed by atoms with Crippen LogP contribution in [0.15, 0.2) is 53.2 Å². The number of benzene rings is 2. The van der Waals surface area contributed by atoms with E-state index in [0.717, 1.165) is 0 Å². The molecule has 0 spiro atoms. The van der Waals surface area contributed by atoms with Crippen molar-refractivity contribution in [3.8, 4) is 22.9 Å². The van der Waals surface area contributed by atoms with Gasteiger partial charge in [-0.1, -0.05) is 0 Å². The highest BCUT2D eigenvalue weighted by Crippen LogP contribution is 2.29. The van der Waals surface area contributed by atoms with Gasteiger partial charge < -0.3 is 14.3 Å². The van der Waals surface area contributed by atoms with Crippen LogP contribution in [0.3, 0.4) is 0 Å². The monoisotopic (exact) mass is 404 g/mol. The number of aliphatic hydroxyl groups is 1. The molecule has 0 saturated carbocycles. The van der Waals surface area contributed by atoms with Crippen molar-refractivity contribution < 1.29 is 27.4 Å². The third-order valence-corrected chi connectivity index (χ3v) is 4.09. The molecule has 29 heavy (non-hydrogen) atoms. The number of fused-ring (bicyclic) bond motifs is 1. The van der Waals surface area contributed by atoms with Gasteiger partial charge in [-0.2, -0.15) is 0 Å². The Morgan fingerprint density at radius 2 is 1.76 bits per heavy atom. The zero-order valence-electron chi connectivity index (χ0n) is 15.3. The highest BCUT2D eigenvalue weighted by Gasteiger charge is 2.31. The van der Waals surface area contributed by atoms with Crippen molar-refractivity contribution in [1.29, 1.82) is 0 Å². The Morgan fingerprint density at radius 1 is 1.03 bits per heavy atom. The molecule has 7 nitrogen and oxygen atoms in total. The summed E-state index contributed by atoms with van der Waals surface area (Å²) >= 11 is 0. The van der Waals surface area contributed by atoms with Crippen LogP contribution in [0.25, 0.3) is 28.2 Å². The molecule has 0 bridgehead atoms. The molecular formula is C19H15F3N4O3. The van der Waals surface area contributed by atoms with Gasteiger partial charge in [-0.05, 0) is 56.3 Å². The third kappa shape index (κ3) is 3.92. The largest absolute Gasteiger partial charge is 0.573 e. The highest BCUT2D eigenvalue weighted by molar-refractivity contribution is 5.82. The number of ether oxygens (including phenoxy) is 1. The van der Waals surface area contributed by atoms with Gasteiger partial charge in [0.15, 0.2) is 0 Å². The van der Waals surface area contributed by atoms with Crippen LogP contribution in [-0.2, 0) is 5.60 Å². The lowest BCUT2D eigenvalue weighted by Crippen LogP contribution is -2.17. The Morgan fingerprint density at radius 3 is 2.38 bits per heavy atom. The first-order chi connectivity index (χ1) is 13.6. The first-order valence-electron chi connectivity index (χ1n) is 8.50. The Bertz CT molecular complexity index is 1160. The van der Waals surface area contributed by atoms with E-state index in [2.05, 4.69) is 19.9 Å². The van der Waals surface area contributed by atoms with Crippen molar-refractivity contribution >= 4 is 11.0 Å². The van der Waals surface area contributed by atoms with Crippen LogP contribution < -0.4 is 4.74 Å². The quantitative estimate of drug-likeness (QED) is 0.549. The maximum atomic E-state index is 12.3. The van der Waals surface area contributed by atoms with Crippen LogP contribution in [-0.4, -0.2) is 31.2 Å². The first kappa shape index (κ1) is 18.9. The van der Waals surface area contributed by atoms with Gasteiger partial charge in [0.25, 0.3) is 0 Å². The summed E-state index contributed by atoms with van der Waals surface area (Å²) in [5.74, 6) is 0.00317. The standard InChI is InChI=1S/C19H15F3N4O3/c1-18(2,27)17-25-24-16(28-17)11-3-8-14-15(9-11)26(10-23-14)12-4-6-13(7-5-12)29-19(20,21)22/h3-10,27H,1-2H3. The van der Waals surface area contributed by atoms with E-state index in [-0.39, 0.29) is 17.5 Å². The molecule has 0 aliphatic rings. The Hall–Kier alpha value is -3.40. The molecule has 1 N–H and O–H groups in total. The van der Waals surface area contributed by atoms with E-state index in [0.29, 0.717) is 22.3 Å². The van der Waals surface area contributed by atoms with Gasteiger partial charge in [0, 0.05) is 11.3 Å². The average molecular weight is 404 g/mol. The number of hydrogen-bond donors (Lipinski definition) is 1. The predicted molar refractivity (Wildman–Crippen MR) is 96.3 cm³/mol. The molecule has 0 radical (unpaired) electrons. The third-order valence-electron chi connectivity index (χ3n) is 4.09. The lowest BCUT2D eigenvalue weighted by molar-refractivity contribution is -0.274. The number of halogens is 3. The van der Waals surface area contributed by atoms with Crippen LogP contribution in [0.2, 0.25) is 0 Å². The minimum Gasteiger partial charge on any atom is -0.418 e. The number of alkyl halides is 3. The number of hydrogen-bond acceptors (Lipinski definition) is 6. The number of imidazole rings is 1. The van der Waals surface area contributed by atoms with Crippen molar-refractivity contribution in [2.24, 2.45) is 0 Å². The molecule has 0 fully saturated rings. The summed E-state index contributed by atoms with van der Waals surface area (Å²) in [5.41, 5.74) is 1.31. The Balaban J connectivity index is 1.70. The second kappa shape index (κ2) is 6.59. The Labute approximate surface area is 162 Å². The van der Waals surface area contributed by atoms with Gasteiger partial charge in [-0.3, -0.25) is 4.57 Å². The fourth-order valence-corrected chi connectivity index (χ4v) is 2.74. The van der Waals surface area contributed by atoms with E-state index < -0.39 is 12.0 Å². The van der Waals surface area contributed by atoms with E-state index >= 15 is 0 Å². The van der Waals surface area contributed by atoms with Gasteiger partial charge in [-0.25, -0.2) is 4.98 Å². The van der Waals surface area contributed by atoms with Gasteiger partial charge in [0.1, 0.15) is 17.7 Å². The summed E-state index contributed by atoms with van der Waals surface area (Å²) in [6, 6.07) is 10.7. The van der Waals surface area contributed by atoms with Crippen LogP contribution in [0.4, 0.5) is 13.2 Å². The normalized spacial score (nSPS) is 12.5. The molecule has 4 aromatic rings. The Kier molecular flexibility index (Phi) is 4.30. The molecule has 0 unspecified atom stereocenters. The molecule has 0 saturated heterocycles. The van der Waals surface area contributed by atoms with E-state index in [1.807, 2.05) is 0 Å². The molecule has 2 aromatic carbocycles. The molecule has 0 aliphatic heterocycles. The minimum absolute atomic E-state index is 0.0846. The van der Waals surface area contributed by atoms with E-state index in [1.165, 1.54) is 38.1 Å². The van der Waals surface area contributed by atoms with Crippen molar-refractivity contribution in [1.82, 2.24) is 19.7 Å². The van der Waals surface area contributed by atoms with Crippen molar-refractivity contribution in [3.05, 3.63) is 54.7 Å². The molecule has 0 atom stereocenters. The number of nitrogens with zero attached hydrogens (tertiary/aromatic N) is 4. The van der Waals surface area contributed by atoms with Crippen LogP contribution in [0.1, 0.15) is 19.7 Å². The van der Waals surface area contributed by atoms with Crippen molar-refractivity contribution in [3.63, 3.8) is 0 Å². The topological polar surface area (TPSA) is 86.2 Å². The summed E-state index contributed by atoms with van der Waals surface area (Å²) < 4.78 is 48.1. The molecule has 10 heteroatoms. The second-order valence-corrected chi connectivity index (χ2v) is 6.83. The summed E-state index contributed by atoms with van der Waals surface area (Å²) in [5, 5.41) is 17.8. The van der Waals surface area contributed by atoms with Crippen molar-refractivity contribution in [2.75, 3.05) is 0 Å². The average Bonchev–Trinajstić information content (AvgIpc) is 3.27. The van der Waals surface area contributed by atoms with E-state index in [4.69, 9.17) is 4.42 Å². The summed E-state index contributed by atoms with van der Waals surface area (Å²) in [7, 11) is 0. The van der Waals surface area contributed by atoms with Gasteiger partial charge in [0.2, 0.25) is 11.8 Å². The predicted octanol–water partition coefficient (Wildman–Crippen LogP) is 4.20. The number of rotatable bonds is 4. The maximum absolute atomic E-state index is 12.3. The van der Waals surface area contributed by atoms with E-state index in [9.17, 15) is 18.3 Å². The van der Waals surface area contributed by atoms with Crippen LogP contribution in [0.5, 0.6) is 5.75 Å². The van der Waals surface area contributed by atoms with Crippen molar-refractivity contribution in [2.45, 2.75) is 25.8 Å².